The van der Waals surface area contributed by atoms with E-state index in [0.717, 1.165) is 6.42 Å². The number of fused-ring (bicyclic) bond motifs is 1. The number of rotatable bonds is 2. The number of hydrogen-bond donors (Lipinski definition) is 1. The van der Waals surface area contributed by atoms with E-state index in [1.54, 1.807) is 19.1 Å². The summed E-state index contributed by atoms with van der Waals surface area (Å²) in [7, 11) is 0. The van der Waals surface area contributed by atoms with Crippen molar-refractivity contribution in [3.63, 3.8) is 0 Å². The van der Waals surface area contributed by atoms with E-state index in [-0.39, 0.29) is 17.0 Å². The summed E-state index contributed by atoms with van der Waals surface area (Å²) in [6, 6.07) is 3.46. The van der Waals surface area contributed by atoms with Crippen LogP contribution in [-0.2, 0) is 0 Å². The Kier molecular flexibility index (Phi) is 3.59. The summed E-state index contributed by atoms with van der Waals surface area (Å²) in [4.78, 5) is 11.3. The van der Waals surface area contributed by atoms with Gasteiger partial charge in [0.05, 0.1) is 17.7 Å². The number of aromatic nitrogens is 1. The van der Waals surface area contributed by atoms with Gasteiger partial charge in [-0.05, 0) is 35.0 Å². The molecule has 0 spiro atoms. The van der Waals surface area contributed by atoms with Crippen molar-refractivity contribution in [1.29, 1.82) is 0 Å². The van der Waals surface area contributed by atoms with Gasteiger partial charge in [-0.3, -0.25) is 0 Å². The molecule has 6 nitrogen and oxygen atoms in total. The molecule has 0 saturated heterocycles. The van der Waals surface area contributed by atoms with Gasteiger partial charge < -0.3 is 19.1 Å². The zero-order chi connectivity index (χ0) is 15.0. The molecule has 1 aromatic carbocycles. The molecule has 21 heavy (non-hydrogen) atoms. The number of benzene rings is 1. The maximum absolute atomic E-state index is 11.3. The van der Waals surface area contributed by atoms with Crippen LogP contribution in [-0.4, -0.2) is 29.4 Å². The maximum Gasteiger partial charge on any atom is 0.341 e. The summed E-state index contributed by atoms with van der Waals surface area (Å²) in [5, 5.41) is 13.1. The number of aromatic carboxylic acids is 1. The Morgan fingerprint density at radius 2 is 2.10 bits per heavy atom. The highest BCUT2D eigenvalue weighted by Crippen LogP contribution is 2.41. The molecule has 3 rings (SSSR count). The van der Waals surface area contributed by atoms with Crippen LogP contribution in [0.4, 0.5) is 0 Å². The van der Waals surface area contributed by atoms with Gasteiger partial charge in [0.2, 0.25) is 0 Å². The van der Waals surface area contributed by atoms with Crippen LogP contribution in [0.25, 0.3) is 11.3 Å². The molecule has 0 fully saturated rings. The van der Waals surface area contributed by atoms with Crippen molar-refractivity contribution in [2.45, 2.75) is 13.3 Å². The largest absolute Gasteiger partial charge is 0.489 e. The minimum Gasteiger partial charge on any atom is -0.489 e. The third-order valence-electron chi connectivity index (χ3n) is 3.15. The second kappa shape index (κ2) is 5.40. The summed E-state index contributed by atoms with van der Waals surface area (Å²) in [6.45, 7) is 2.69. The van der Waals surface area contributed by atoms with Crippen LogP contribution < -0.4 is 9.47 Å². The summed E-state index contributed by atoms with van der Waals surface area (Å²) >= 11 is 3.42. The van der Waals surface area contributed by atoms with Crippen molar-refractivity contribution in [2.24, 2.45) is 0 Å². The van der Waals surface area contributed by atoms with E-state index in [1.165, 1.54) is 0 Å². The zero-order valence-corrected chi connectivity index (χ0v) is 12.8. The van der Waals surface area contributed by atoms with E-state index in [2.05, 4.69) is 21.1 Å². The van der Waals surface area contributed by atoms with Crippen molar-refractivity contribution in [1.82, 2.24) is 5.16 Å². The first-order valence-electron chi connectivity index (χ1n) is 6.37. The van der Waals surface area contributed by atoms with Gasteiger partial charge in [-0.15, -0.1) is 0 Å². The number of ether oxygens (including phenoxy) is 2. The number of nitrogens with zero attached hydrogens (tertiary/aromatic N) is 1. The molecule has 0 amide bonds. The van der Waals surface area contributed by atoms with E-state index >= 15 is 0 Å². The Labute approximate surface area is 128 Å². The normalized spacial score (nSPS) is 13.8. The molecule has 7 heteroatoms. The van der Waals surface area contributed by atoms with Crippen LogP contribution in [0.2, 0.25) is 0 Å². The molecule has 0 saturated carbocycles. The molecular formula is C14H12BrNO5. The topological polar surface area (TPSA) is 81.8 Å². The predicted molar refractivity (Wildman–Crippen MR) is 76.9 cm³/mol. The fraction of sp³-hybridized carbons (Fsp3) is 0.286. The third kappa shape index (κ3) is 2.49. The molecular weight excluding hydrogens is 342 g/mol. The molecule has 0 unspecified atom stereocenters. The number of carboxylic acids is 1. The molecule has 110 valence electrons. The van der Waals surface area contributed by atoms with Crippen LogP contribution in [0.1, 0.15) is 22.5 Å². The third-order valence-corrected chi connectivity index (χ3v) is 3.74. The predicted octanol–water partition coefficient (Wildman–Crippen LogP) is 3.27. The second-order valence-electron chi connectivity index (χ2n) is 4.60. The molecule has 1 N–H and O–H groups in total. The van der Waals surface area contributed by atoms with E-state index in [0.29, 0.717) is 34.7 Å². The fourth-order valence-electron chi connectivity index (χ4n) is 2.19. The quantitative estimate of drug-likeness (QED) is 0.891. The van der Waals surface area contributed by atoms with Crippen molar-refractivity contribution in [2.75, 3.05) is 13.2 Å². The number of aryl methyl sites for hydroxylation is 1. The minimum atomic E-state index is -1.08. The van der Waals surface area contributed by atoms with E-state index < -0.39 is 5.97 Å². The highest BCUT2D eigenvalue weighted by molar-refractivity contribution is 9.10. The zero-order valence-electron chi connectivity index (χ0n) is 11.2. The van der Waals surface area contributed by atoms with Gasteiger partial charge in [-0.2, -0.15) is 0 Å². The number of carboxylic acid groups (broad SMARTS) is 1. The first-order valence-corrected chi connectivity index (χ1v) is 7.16. The first-order chi connectivity index (χ1) is 10.1. The Bertz CT molecular complexity index is 710. The number of halogens is 1. The Hall–Kier alpha value is -2.02. The molecule has 1 aromatic heterocycles. The fourth-order valence-corrected chi connectivity index (χ4v) is 2.75. The van der Waals surface area contributed by atoms with Gasteiger partial charge in [0, 0.05) is 12.0 Å². The number of carbonyl (C=O) groups is 1. The molecule has 2 aromatic rings. The first kappa shape index (κ1) is 13.9. The van der Waals surface area contributed by atoms with Crippen molar-refractivity contribution in [3.05, 3.63) is 27.9 Å². The summed E-state index contributed by atoms with van der Waals surface area (Å²) in [5.74, 6) is 0.370. The van der Waals surface area contributed by atoms with Crippen LogP contribution in [0.3, 0.4) is 0 Å². The number of hydrogen-bond acceptors (Lipinski definition) is 5. The molecule has 0 aliphatic carbocycles. The van der Waals surface area contributed by atoms with Gasteiger partial charge in [0.15, 0.2) is 11.5 Å². The molecule has 1 aliphatic heterocycles. The lowest BCUT2D eigenvalue weighted by atomic mass is 10.1. The van der Waals surface area contributed by atoms with Crippen molar-refractivity contribution < 1.29 is 23.9 Å². The molecule has 0 bridgehead atoms. The van der Waals surface area contributed by atoms with E-state index in [1.807, 2.05) is 0 Å². The molecule has 1 aliphatic rings. The van der Waals surface area contributed by atoms with E-state index in [4.69, 9.17) is 14.0 Å². The lowest BCUT2D eigenvalue weighted by molar-refractivity contribution is 0.0695. The van der Waals surface area contributed by atoms with Gasteiger partial charge in [-0.25, -0.2) is 4.79 Å². The Morgan fingerprint density at radius 1 is 1.33 bits per heavy atom. The monoisotopic (exact) mass is 353 g/mol. The van der Waals surface area contributed by atoms with Gasteiger partial charge >= 0.3 is 5.97 Å². The van der Waals surface area contributed by atoms with Gasteiger partial charge in [0.25, 0.3) is 0 Å². The summed E-state index contributed by atoms with van der Waals surface area (Å²) in [5.41, 5.74) is 0.924. The maximum atomic E-state index is 11.3. The Balaban J connectivity index is 2.14. The van der Waals surface area contributed by atoms with Gasteiger partial charge in [0.1, 0.15) is 17.0 Å². The summed E-state index contributed by atoms with van der Waals surface area (Å²) in [6.07, 6.45) is 0.792. The lowest BCUT2D eigenvalue weighted by Gasteiger charge is -2.11. The highest BCUT2D eigenvalue weighted by atomic mass is 79.9. The van der Waals surface area contributed by atoms with Crippen molar-refractivity contribution >= 4 is 21.9 Å². The smallest absolute Gasteiger partial charge is 0.341 e. The molecule has 0 atom stereocenters. The van der Waals surface area contributed by atoms with Gasteiger partial charge in [-0.1, -0.05) is 5.16 Å². The summed E-state index contributed by atoms with van der Waals surface area (Å²) < 4.78 is 16.9. The van der Waals surface area contributed by atoms with Crippen LogP contribution in [0, 0.1) is 6.92 Å². The molecule has 2 heterocycles. The van der Waals surface area contributed by atoms with Crippen LogP contribution in [0.5, 0.6) is 11.5 Å². The second-order valence-corrected chi connectivity index (χ2v) is 5.46. The Morgan fingerprint density at radius 3 is 2.86 bits per heavy atom. The van der Waals surface area contributed by atoms with Crippen molar-refractivity contribution in [3.8, 4) is 22.8 Å². The highest BCUT2D eigenvalue weighted by Gasteiger charge is 2.24. The average molecular weight is 354 g/mol. The van der Waals surface area contributed by atoms with Crippen LogP contribution >= 0.6 is 15.9 Å². The SMILES string of the molecule is Cc1onc(-c2cc(Br)c3c(c2)OCCCO3)c1C(=O)O. The standard InChI is InChI=1S/C14H12BrNO5/c1-7-11(14(17)18)12(16-21-7)8-5-9(15)13-10(6-8)19-3-2-4-20-13/h5-6H,2-4H2,1H3,(H,17,18). The average Bonchev–Trinajstić information content (AvgIpc) is 2.67. The lowest BCUT2D eigenvalue weighted by Crippen LogP contribution is -2.00. The van der Waals surface area contributed by atoms with E-state index in [9.17, 15) is 9.90 Å². The minimum absolute atomic E-state index is 0.0522. The molecule has 0 radical (unpaired) electrons. The van der Waals surface area contributed by atoms with Crippen LogP contribution in [0.15, 0.2) is 21.1 Å².